The van der Waals surface area contributed by atoms with Crippen molar-refractivity contribution in [3.05, 3.63) is 0 Å². The minimum atomic E-state index is -0.707. The number of unbranched alkanes of at least 4 members (excludes halogenated alkanes) is 1. The van der Waals surface area contributed by atoms with E-state index in [4.69, 9.17) is 5.11 Å². The Morgan fingerprint density at radius 1 is 1.30 bits per heavy atom. The summed E-state index contributed by atoms with van der Waals surface area (Å²) >= 11 is 0. The van der Waals surface area contributed by atoms with E-state index in [1.807, 2.05) is 13.8 Å². The van der Waals surface area contributed by atoms with Crippen LogP contribution in [-0.2, 0) is 0 Å². The second-order valence-corrected chi connectivity index (χ2v) is 2.00. The lowest BCUT2D eigenvalue weighted by molar-refractivity contribution is 0.267. The molecule has 0 heterocycles. The van der Waals surface area contributed by atoms with Gasteiger partial charge in [0.2, 0.25) is 0 Å². The van der Waals surface area contributed by atoms with Gasteiger partial charge < -0.3 is 5.11 Å². The maximum absolute atomic E-state index is 11.9. The third-order valence-electron chi connectivity index (χ3n) is 1.01. The van der Waals surface area contributed by atoms with E-state index < -0.39 is 6.17 Å². The monoisotopic (exact) mass is 150 g/mol. The predicted molar refractivity (Wildman–Crippen MR) is 42.9 cm³/mol. The van der Waals surface area contributed by atoms with Gasteiger partial charge in [0.1, 0.15) is 0 Å². The third-order valence-corrected chi connectivity index (χ3v) is 1.01. The highest BCUT2D eigenvalue weighted by Crippen LogP contribution is 2.01. The van der Waals surface area contributed by atoms with Crippen LogP contribution in [0, 0.1) is 0 Å². The van der Waals surface area contributed by atoms with Crippen molar-refractivity contribution in [3.8, 4) is 0 Å². The molecule has 2 heteroatoms. The Bertz CT molecular complexity index is 46.5. The summed E-state index contributed by atoms with van der Waals surface area (Å²) in [6.07, 6.45) is 1.41. The maximum Gasteiger partial charge on any atom is 0.0973 e. The van der Waals surface area contributed by atoms with Gasteiger partial charge in [0.05, 0.1) is 6.17 Å². The maximum atomic E-state index is 11.9. The van der Waals surface area contributed by atoms with Gasteiger partial charge in [0.15, 0.2) is 0 Å². The van der Waals surface area contributed by atoms with Crippen molar-refractivity contribution in [2.75, 3.05) is 6.61 Å². The molecular formula is C8H19FO. The van der Waals surface area contributed by atoms with Crippen LogP contribution >= 0.6 is 0 Å². The Morgan fingerprint density at radius 3 is 2.10 bits per heavy atom. The number of aliphatic hydroxyl groups is 1. The molecule has 0 aliphatic carbocycles. The molecule has 0 aromatic heterocycles. The zero-order chi connectivity index (χ0) is 8.41. The molecular weight excluding hydrogens is 131 g/mol. The molecule has 10 heavy (non-hydrogen) atoms. The molecule has 64 valence electrons. The number of alkyl halides is 1. The largest absolute Gasteiger partial charge is 0.396 e. The fourth-order valence-electron chi connectivity index (χ4n) is 0.537. The molecule has 0 aromatic carbocycles. The zero-order valence-corrected chi connectivity index (χ0v) is 7.23. The van der Waals surface area contributed by atoms with Crippen molar-refractivity contribution in [1.29, 1.82) is 0 Å². The molecule has 0 rings (SSSR count). The molecule has 0 aliphatic rings. The summed E-state index contributed by atoms with van der Waals surface area (Å²) in [7, 11) is 0. The fraction of sp³-hybridized carbons (Fsp3) is 1.00. The molecule has 1 nitrogen and oxygen atoms in total. The van der Waals surface area contributed by atoms with Gasteiger partial charge in [0.25, 0.3) is 0 Å². The van der Waals surface area contributed by atoms with Gasteiger partial charge in [-0.1, -0.05) is 13.8 Å². The van der Waals surface area contributed by atoms with E-state index >= 15 is 0 Å². The first-order valence-corrected chi connectivity index (χ1v) is 4.02. The predicted octanol–water partition coefficient (Wildman–Crippen LogP) is 2.53. The minimum absolute atomic E-state index is 0.187. The van der Waals surface area contributed by atoms with Crippen molar-refractivity contribution in [3.63, 3.8) is 0 Å². The quantitative estimate of drug-likeness (QED) is 0.610. The average Bonchev–Trinajstić information content (AvgIpc) is 1.92. The molecule has 1 unspecified atom stereocenters. The summed E-state index contributed by atoms with van der Waals surface area (Å²) in [5.74, 6) is 0. The minimum Gasteiger partial charge on any atom is -0.396 e. The van der Waals surface area contributed by atoms with Crippen molar-refractivity contribution in [2.45, 2.75) is 46.2 Å². The molecule has 0 aromatic rings. The van der Waals surface area contributed by atoms with Crippen LogP contribution < -0.4 is 0 Å². The molecule has 0 aliphatic heterocycles. The number of hydrogen-bond acceptors (Lipinski definition) is 1. The SMILES string of the molecule is CC.CC(F)CCCCO. The Balaban J connectivity index is 0. The van der Waals surface area contributed by atoms with E-state index in [1.165, 1.54) is 6.92 Å². The van der Waals surface area contributed by atoms with Gasteiger partial charge in [-0.2, -0.15) is 0 Å². The summed E-state index contributed by atoms with van der Waals surface area (Å²) < 4.78 is 11.9. The smallest absolute Gasteiger partial charge is 0.0973 e. The summed E-state index contributed by atoms with van der Waals surface area (Å²) in [4.78, 5) is 0. The lowest BCUT2D eigenvalue weighted by Crippen LogP contribution is -1.92. The molecule has 0 saturated carbocycles. The van der Waals surface area contributed by atoms with E-state index in [-0.39, 0.29) is 6.61 Å². The lowest BCUT2D eigenvalue weighted by atomic mass is 10.2. The summed E-state index contributed by atoms with van der Waals surface area (Å²) in [6.45, 7) is 5.73. The highest BCUT2D eigenvalue weighted by Gasteiger charge is 1.94. The van der Waals surface area contributed by atoms with Gasteiger partial charge in [-0.05, 0) is 26.2 Å². The summed E-state index contributed by atoms with van der Waals surface area (Å²) in [5.41, 5.74) is 0. The Kier molecular flexibility index (Phi) is 14.6. The second kappa shape index (κ2) is 11.7. The van der Waals surface area contributed by atoms with Crippen LogP contribution in [0.4, 0.5) is 4.39 Å². The number of hydrogen-bond donors (Lipinski definition) is 1. The summed E-state index contributed by atoms with van der Waals surface area (Å²) in [6, 6.07) is 0. The third kappa shape index (κ3) is 15.7. The van der Waals surface area contributed by atoms with Gasteiger partial charge in [-0.25, -0.2) is 4.39 Å². The molecule has 1 atom stereocenters. The van der Waals surface area contributed by atoms with E-state index in [2.05, 4.69) is 0 Å². The fourth-order valence-corrected chi connectivity index (χ4v) is 0.537. The van der Waals surface area contributed by atoms with E-state index in [1.54, 1.807) is 0 Å². The van der Waals surface area contributed by atoms with Gasteiger partial charge in [0, 0.05) is 6.61 Å². The van der Waals surface area contributed by atoms with E-state index in [9.17, 15) is 4.39 Å². The van der Waals surface area contributed by atoms with Crippen LogP contribution in [0.15, 0.2) is 0 Å². The number of rotatable bonds is 4. The van der Waals surface area contributed by atoms with Crippen LogP contribution in [0.1, 0.15) is 40.0 Å². The molecule has 0 spiro atoms. The van der Waals surface area contributed by atoms with Crippen LogP contribution in [0.3, 0.4) is 0 Å². The molecule has 0 bridgehead atoms. The number of aliphatic hydroxyl groups excluding tert-OH is 1. The van der Waals surface area contributed by atoms with Crippen molar-refractivity contribution in [2.24, 2.45) is 0 Å². The first kappa shape index (κ1) is 12.6. The Morgan fingerprint density at radius 2 is 1.80 bits per heavy atom. The molecule has 0 saturated heterocycles. The molecule has 0 amide bonds. The molecule has 1 N–H and O–H groups in total. The second-order valence-electron chi connectivity index (χ2n) is 2.00. The van der Waals surface area contributed by atoms with Crippen molar-refractivity contribution in [1.82, 2.24) is 0 Å². The van der Waals surface area contributed by atoms with Gasteiger partial charge in [-0.15, -0.1) is 0 Å². The van der Waals surface area contributed by atoms with Gasteiger partial charge >= 0.3 is 0 Å². The first-order chi connectivity index (χ1) is 4.77. The van der Waals surface area contributed by atoms with Crippen LogP contribution in [0.25, 0.3) is 0 Å². The van der Waals surface area contributed by atoms with Gasteiger partial charge in [-0.3, -0.25) is 0 Å². The number of halogens is 1. The molecule has 0 radical (unpaired) electrons. The summed E-state index contributed by atoms with van der Waals surface area (Å²) in [5, 5.41) is 8.26. The topological polar surface area (TPSA) is 20.2 Å². The highest BCUT2D eigenvalue weighted by atomic mass is 19.1. The van der Waals surface area contributed by atoms with E-state index in [0.717, 1.165) is 12.8 Å². The zero-order valence-electron chi connectivity index (χ0n) is 7.23. The normalized spacial score (nSPS) is 11.7. The van der Waals surface area contributed by atoms with Crippen LogP contribution in [0.2, 0.25) is 0 Å². The Hall–Kier alpha value is -0.110. The lowest BCUT2D eigenvalue weighted by Gasteiger charge is -1.97. The first-order valence-electron chi connectivity index (χ1n) is 4.02. The standard InChI is InChI=1S/C6H13FO.C2H6/c1-6(7)4-2-3-5-8;1-2/h6,8H,2-5H2,1H3;1-2H3. The van der Waals surface area contributed by atoms with Crippen LogP contribution in [-0.4, -0.2) is 17.9 Å². The highest BCUT2D eigenvalue weighted by molar-refractivity contribution is 4.46. The van der Waals surface area contributed by atoms with Crippen molar-refractivity contribution < 1.29 is 9.50 Å². The van der Waals surface area contributed by atoms with E-state index in [0.29, 0.717) is 6.42 Å². The average molecular weight is 150 g/mol. The van der Waals surface area contributed by atoms with Crippen molar-refractivity contribution >= 4 is 0 Å². The van der Waals surface area contributed by atoms with Crippen LogP contribution in [0.5, 0.6) is 0 Å². The molecule has 0 fully saturated rings. The Labute approximate surface area is 63.3 Å².